The molecule has 1 atom stereocenters. The summed E-state index contributed by atoms with van der Waals surface area (Å²) in [6.07, 6.45) is 3.18. The molecule has 0 amide bonds. The maximum Gasteiger partial charge on any atom is 0.0851 e. The topological polar surface area (TPSA) is 30.5 Å². The van der Waals surface area contributed by atoms with Gasteiger partial charge in [0.2, 0.25) is 0 Å². The largest absolute Gasteiger partial charge is 0.380 e. The van der Waals surface area contributed by atoms with Crippen molar-refractivity contribution in [3.63, 3.8) is 0 Å². The lowest BCUT2D eigenvalue weighted by Crippen LogP contribution is -2.54. The molecule has 0 aliphatic carbocycles. The Morgan fingerprint density at radius 1 is 1.00 bits per heavy atom. The first kappa shape index (κ1) is 16.9. The van der Waals surface area contributed by atoms with E-state index in [0.29, 0.717) is 0 Å². The predicted octanol–water partition coefficient (Wildman–Crippen LogP) is 2.99. The minimum absolute atomic E-state index is 0.0842. The SMILES string of the molecule is CCCNC(COCC)C(CC)(CC)OCC. The van der Waals surface area contributed by atoms with Crippen LogP contribution in [0.25, 0.3) is 0 Å². The molecule has 0 aromatic rings. The van der Waals surface area contributed by atoms with Gasteiger partial charge in [-0.2, -0.15) is 0 Å². The molecule has 3 nitrogen and oxygen atoms in total. The van der Waals surface area contributed by atoms with E-state index in [4.69, 9.17) is 9.47 Å². The third-order valence-electron chi connectivity index (χ3n) is 3.39. The lowest BCUT2D eigenvalue weighted by atomic mass is 9.88. The van der Waals surface area contributed by atoms with E-state index in [1.54, 1.807) is 0 Å². The van der Waals surface area contributed by atoms with E-state index in [-0.39, 0.29) is 11.6 Å². The Morgan fingerprint density at radius 2 is 1.65 bits per heavy atom. The van der Waals surface area contributed by atoms with Crippen molar-refractivity contribution in [2.45, 2.75) is 65.5 Å². The van der Waals surface area contributed by atoms with Gasteiger partial charge >= 0.3 is 0 Å². The molecule has 0 aliphatic rings. The van der Waals surface area contributed by atoms with Crippen LogP contribution in [0.15, 0.2) is 0 Å². The molecule has 0 heterocycles. The van der Waals surface area contributed by atoms with Crippen molar-refractivity contribution in [3.05, 3.63) is 0 Å². The first-order valence-corrected chi connectivity index (χ1v) is 7.15. The highest BCUT2D eigenvalue weighted by Crippen LogP contribution is 2.25. The number of hydrogen-bond donors (Lipinski definition) is 1. The molecule has 0 saturated carbocycles. The third-order valence-corrected chi connectivity index (χ3v) is 3.39. The van der Waals surface area contributed by atoms with E-state index in [1.807, 2.05) is 6.92 Å². The summed E-state index contributed by atoms with van der Waals surface area (Å²) in [6, 6.07) is 0.289. The molecule has 0 fully saturated rings. The van der Waals surface area contributed by atoms with Crippen LogP contribution in [0.1, 0.15) is 53.9 Å². The molecule has 0 bridgehead atoms. The average molecular weight is 245 g/mol. The molecule has 0 saturated heterocycles. The first-order valence-electron chi connectivity index (χ1n) is 7.15. The standard InChI is InChI=1S/C14H31NO2/c1-6-11-15-13(12-16-9-4)14(7-2,8-3)17-10-5/h13,15H,6-12H2,1-5H3. The third kappa shape index (κ3) is 5.36. The fourth-order valence-corrected chi connectivity index (χ4v) is 2.29. The fourth-order valence-electron chi connectivity index (χ4n) is 2.29. The first-order chi connectivity index (χ1) is 8.20. The minimum atomic E-state index is -0.0842. The van der Waals surface area contributed by atoms with Crippen molar-refractivity contribution in [3.8, 4) is 0 Å². The fraction of sp³-hybridized carbons (Fsp3) is 1.00. The summed E-state index contributed by atoms with van der Waals surface area (Å²) in [5.41, 5.74) is -0.0842. The smallest absolute Gasteiger partial charge is 0.0851 e. The van der Waals surface area contributed by atoms with Gasteiger partial charge in [0.15, 0.2) is 0 Å². The number of nitrogens with one attached hydrogen (secondary N) is 1. The van der Waals surface area contributed by atoms with Crippen LogP contribution in [0.2, 0.25) is 0 Å². The van der Waals surface area contributed by atoms with Gasteiger partial charge in [0, 0.05) is 13.2 Å². The van der Waals surface area contributed by atoms with Crippen molar-refractivity contribution < 1.29 is 9.47 Å². The molecule has 0 aliphatic heterocycles. The molecule has 104 valence electrons. The van der Waals surface area contributed by atoms with Gasteiger partial charge in [-0.25, -0.2) is 0 Å². The Hall–Kier alpha value is -0.120. The molecule has 17 heavy (non-hydrogen) atoms. The van der Waals surface area contributed by atoms with Crippen LogP contribution in [-0.2, 0) is 9.47 Å². The maximum atomic E-state index is 6.04. The Morgan fingerprint density at radius 3 is 2.06 bits per heavy atom. The number of ether oxygens (including phenoxy) is 2. The Kier molecular flexibility index (Phi) is 9.79. The van der Waals surface area contributed by atoms with Gasteiger partial charge in [0.05, 0.1) is 18.2 Å². The lowest BCUT2D eigenvalue weighted by molar-refractivity contribution is -0.0889. The molecule has 1 unspecified atom stereocenters. The monoisotopic (exact) mass is 245 g/mol. The van der Waals surface area contributed by atoms with Gasteiger partial charge in [-0.05, 0) is 39.7 Å². The highest BCUT2D eigenvalue weighted by atomic mass is 16.5. The summed E-state index contributed by atoms with van der Waals surface area (Å²) in [6.45, 7) is 14.0. The Balaban J connectivity index is 4.64. The van der Waals surface area contributed by atoms with E-state index in [1.165, 1.54) is 0 Å². The van der Waals surface area contributed by atoms with Crippen LogP contribution in [-0.4, -0.2) is 38.0 Å². The van der Waals surface area contributed by atoms with Gasteiger partial charge in [0.1, 0.15) is 0 Å². The second kappa shape index (κ2) is 9.86. The van der Waals surface area contributed by atoms with Crippen LogP contribution in [0.3, 0.4) is 0 Å². The highest BCUT2D eigenvalue weighted by Gasteiger charge is 2.36. The van der Waals surface area contributed by atoms with Crippen molar-refractivity contribution in [2.75, 3.05) is 26.4 Å². The van der Waals surface area contributed by atoms with Crippen molar-refractivity contribution >= 4 is 0 Å². The summed E-state index contributed by atoms with van der Waals surface area (Å²) in [4.78, 5) is 0. The number of hydrogen-bond acceptors (Lipinski definition) is 3. The van der Waals surface area contributed by atoms with E-state index < -0.39 is 0 Å². The Labute approximate surface area is 107 Å². The highest BCUT2D eigenvalue weighted by molar-refractivity contribution is 4.91. The summed E-state index contributed by atoms with van der Waals surface area (Å²) in [5, 5.41) is 3.58. The molecule has 0 radical (unpaired) electrons. The zero-order valence-electron chi connectivity index (χ0n) is 12.3. The summed E-state index contributed by atoms with van der Waals surface area (Å²) < 4.78 is 11.6. The van der Waals surface area contributed by atoms with E-state index >= 15 is 0 Å². The Bertz CT molecular complexity index is 162. The molecule has 0 spiro atoms. The quantitative estimate of drug-likeness (QED) is 0.607. The molecule has 0 rings (SSSR count). The zero-order chi connectivity index (χ0) is 13.1. The van der Waals surface area contributed by atoms with Gasteiger partial charge < -0.3 is 14.8 Å². The van der Waals surface area contributed by atoms with Gasteiger partial charge in [-0.1, -0.05) is 20.8 Å². The molecule has 0 aromatic carbocycles. The second-order valence-corrected chi connectivity index (χ2v) is 4.37. The van der Waals surface area contributed by atoms with Crippen molar-refractivity contribution in [2.24, 2.45) is 0 Å². The summed E-state index contributed by atoms with van der Waals surface area (Å²) in [5.74, 6) is 0. The van der Waals surface area contributed by atoms with Gasteiger partial charge in [-0.3, -0.25) is 0 Å². The molecular formula is C14H31NO2. The van der Waals surface area contributed by atoms with Gasteiger partial charge in [-0.15, -0.1) is 0 Å². The molecule has 1 N–H and O–H groups in total. The van der Waals surface area contributed by atoms with E-state index in [0.717, 1.165) is 45.6 Å². The lowest BCUT2D eigenvalue weighted by Gasteiger charge is -2.39. The zero-order valence-corrected chi connectivity index (χ0v) is 12.3. The predicted molar refractivity (Wildman–Crippen MR) is 73.5 cm³/mol. The molecule has 0 aromatic heterocycles. The summed E-state index contributed by atoms with van der Waals surface area (Å²) in [7, 11) is 0. The van der Waals surface area contributed by atoms with Crippen LogP contribution in [0.4, 0.5) is 0 Å². The van der Waals surface area contributed by atoms with Gasteiger partial charge in [0.25, 0.3) is 0 Å². The normalized spacial score (nSPS) is 13.9. The van der Waals surface area contributed by atoms with Crippen molar-refractivity contribution in [1.82, 2.24) is 5.32 Å². The van der Waals surface area contributed by atoms with Crippen molar-refractivity contribution in [1.29, 1.82) is 0 Å². The van der Waals surface area contributed by atoms with E-state index in [2.05, 4.69) is 33.0 Å². The van der Waals surface area contributed by atoms with Crippen LogP contribution >= 0.6 is 0 Å². The molecule has 3 heteroatoms. The van der Waals surface area contributed by atoms with Crippen LogP contribution in [0.5, 0.6) is 0 Å². The maximum absolute atomic E-state index is 6.04. The summed E-state index contributed by atoms with van der Waals surface area (Å²) >= 11 is 0. The van der Waals surface area contributed by atoms with Crippen LogP contribution < -0.4 is 5.32 Å². The molecular weight excluding hydrogens is 214 g/mol. The average Bonchev–Trinajstić information content (AvgIpc) is 2.37. The van der Waals surface area contributed by atoms with E-state index in [9.17, 15) is 0 Å². The second-order valence-electron chi connectivity index (χ2n) is 4.37. The number of rotatable bonds is 11. The van der Waals surface area contributed by atoms with Crippen LogP contribution in [0, 0.1) is 0 Å². The minimum Gasteiger partial charge on any atom is -0.380 e.